The minimum atomic E-state index is -0.808. The lowest BCUT2D eigenvalue weighted by atomic mass is 9.98. The summed E-state index contributed by atoms with van der Waals surface area (Å²) in [6.07, 6.45) is 6.49. The Bertz CT molecular complexity index is 1020. The predicted octanol–water partition coefficient (Wildman–Crippen LogP) is 2.89. The minimum absolute atomic E-state index is 0.0552. The highest BCUT2D eigenvalue weighted by molar-refractivity contribution is 5.72. The lowest BCUT2D eigenvalue weighted by Crippen LogP contribution is -2.23. The van der Waals surface area contributed by atoms with E-state index in [1.54, 1.807) is 17.1 Å². The molecule has 8 heteroatoms. The van der Waals surface area contributed by atoms with Crippen molar-refractivity contribution < 1.29 is 9.90 Å². The van der Waals surface area contributed by atoms with Crippen molar-refractivity contribution in [1.82, 2.24) is 20.1 Å². The van der Waals surface area contributed by atoms with Gasteiger partial charge in [0.2, 0.25) is 0 Å². The van der Waals surface area contributed by atoms with Crippen LogP contribution in [0.2, 0.25) is 0 Å². The Balaban J connectivity index is 1.42. The standard InChI is InChI=1S/C23H30N6O2/c1-16(18-6-3-5-17(9-18)10-22(30)31)12-25-7-4-8-26-21-11-19(13-27-23(21)24)20-14-28-29(2)15-20/h3,5-6,9,11,13-16,25-26H,4,7-8,10,12H2,1-2H3,(H2,24,27)(H,30,31). The Morgan fingerprint density at radius 2 is 2.06 bits per heavy atom. The number of aliphatic carboxylic acids is 1. The van der Waals surface area contributed by atoms with Gasteiger partial charge in [-0.3, -0.25) is 9.48 Å². The molecule has 1 atom stereocenters. The van der Waals surface area contributed by atoms with Crippen LogP contribution in [0.25, 0.3) is 11.1 Å². The minimum Gasteiger partial charge on any atom is -0.481 e. The molecule has 1 unspecified atom stereocenters. The Kier molecular flexibility index (Phi) is 7.61. The summed E-state index contributed by atoms with van der Waals surface area (Å²) in [6, 6.07) is 9.80. The van der Waals surface area contributed by atoms with E-state index in [1.165, 1.54) is 0 Å². The van der Waals surface area contributed by atoms with Gasteiger partial charge >= 0.3 is 5.97 Å². The first-order valence-corrected chi connectivity index (χ1v) is 10.4. The number of rotatable bonds is 11. The summed E-state index contributed by atoms with van der Waals surface area (Å²) in [6.45, 7) is 4.61. The Labute approximate surface area is 182 Å². The van der Waals surface area contributed by atoms with Crippen LogP contribution in [0.15, 0.2) is 48.9 Å². The number of aromatic nitrogens is 3. The molecule has 0 saturated heterocycles. The third-order valence-electron chi connectivity index (χ3n) is 5.13. The molecule has 0 fully saturated rings. The van der Waals surface area contributed by atoms with Crippen LogP contribution >= 0.6 is 0 Å². The van der Waals surface area contributed by atoms with Crippen molar-refractivity contribution in [3.8, 4) is 11.1 Å². The van der Waals surface area contributed by atoms with Gasteiger partial charge < -0.3 is 21.5 Å². The van der Waals surface area contributed by atoms with Crippen molar-refractivity contribution in [3.05, 3.63) is 60.0 Å². The van der Waals surface area contributed by atoms with Gasteiger partial charge in [0, 0.05) is 43.7 Å². The number of aryl methyl sites for hydroxylation is 1. The van der Waals surface area contributed by atoms with Crippen LogP contribution in [0.1, 0.15) is 30.4 Å². The fourth-order valence-electron chi connectivity index (χ4n) is 3.40. The summed E-state index contributed by atoms with van der Waals surface area (Å²) >= 11 is 0. The molecule has 0 amide bonds. The number of hydrogen-bond donors (Lipinski definition) is 4. The van der Waals surface area contributed by atoms with Crippen LogP contribution in [-0.2, 0) is 18.3 Å². The smallest absolute Gasteiger partial charge is 0.307 e. The first kappa shape index (κ1) is 22.3. The Morgan fingerprint density at radius 3 is 2.81 bits per heavy atom. The second-order valence-corrected chi connectivity index (χ2v) is 7.76. The van der Waals surface area contributed by atoms with E-state index in [1.807, 2.05) is 43.6 Å². The molecule has 0 saturated carbocycles. The third kappa shape index (κ3) is 6.55. The summed E-state index contributed by atoms with van der Waals surface area (Å²) in [7, 11) is 1.88. The van der Waals surface area contributed by atoms with Gasteiger partial charge in [-0.25, -0.2) is 4.98 Å². The van der Waals surface area contributed by atoms with Crippen LogP contribution in [-0.4, -0.2) is 45.5 Å². The number of pyridine rings is 1. The molecule has 8 nitrogen and oxygen atoms in total. The van der Waals surface area contributed by atoms with Crippen LogP contribution in [0.3, 0.4) is 0 Å². The highest BCUT2D eigenvalue weighted by Gasteiger charge is 2.08. The zero-order valence-electron chi connectivity index (χ0n) is 18.0. The maximum atomic E-state index is 10.9. The zero-order chi connectivity index (χ0) is 22.2. The van der Waals surface area contributed by atoms with Crippen molar-refractivity contribution in [2.24, 2.45) is 7.05 Å². The molecule has 3 aromatic rings. The van der Waals surface area contributed by atoms with Gasteiger partial charge in [0.05, 0.1) is 18.3 Å². The normalized spacial score (nSPS) is 11.9. The van der Waals surface area contributed by atoms with E-state index in [-0.39, 0.29) is 6.42 Å². The summed E-state index contributed by atoms with van der Waals surface area (Å²) in [5, 5.41) is 20.0. The summed E-state index contributed by atoms with van der Waals surface area (Å²) < 4.78 is 1.76. The summed E-state index contributed by atoms with van der Waals surface area (Å²) in [5.74, 6) is -0.0228. The molecule has 2 heterocycles. The number of carbonyl (C=O) groups is 1. The highest BCUT2D eigenvalue weighted by atomic mass is 16.4. The van der Waals surface area contributed by atoms with Crippen molar-refractivity contribution >= 4 is 17.5 Å². The number of anilines is 2. The van der Waals surface area contributed by atoms with Crippen molar-refractivity contribution in [2.45, 2.75) is 25.7 Å². The Hall–Kier alpha value is -3.39. The van der Waals surface area contributed by atoms with Gasteiger partial charge in [0.1, 0.15) is 5.82 Å². The third-order valence-corrected chi connectivity index (χ3v) is 5.13. The van der Waals surface area contributed by atoms with E-state index in [0.717, 1.165) is 54.0 Å². The number of carboxylic acid groups (broad SMARTS) is 1. The molecule has 0 spiro atoms. The van der Waals surface area contributed by atoms with E-state index >= 15 is 0 Å². The molecule has 0 aliphatic heterocycles. The average molecular weight is 423 g/mol. The SMILES string of the molecule is CC(CNCCCNc1cc(-c2cnn(C)c2)cnc1N)c1cccc(CC(=O)O)c1. The van der Waals surface area contributed by atoms with Crippen LogP contribution in [0.4, 0.5) is 11.5 Å². The van der Waals surface area contributed by atoms with Gasteiger partial charge in [-0.1, -0.05) is 31.2 Å². The molecule has 3 rings (SSSR count). The molecule has 0 bridgehead atoms. The van der Waals surface area contributed by atoms with Crippen molar-refractivity contribution in [3.63, 3.8) is 0 Å². The molecule has 0 aliphatic carbocycles. The Morgan fingerprint density at radius 1 is 1.23 bits per heavy atom. The molecule has 164 valence electrons. The molecule has 0 radical (unpaired) electrons. The second kappa shape index (κ2) is 10.6. The number of benzene rings is 1. The van der Waals surface area contributed by atoms with Gasteiger partial charge in [-0.2, -0.15) is 5.10 Å². The number of nitrogens with one attached hydrogen (secondary N) is 2. The van der Waals surface area contributed by atoms with E-state index < -0.39 is 5.97 Å². The second-order valence-electron chi connectivity index (χ2n) is 7.76. The zero-order valence-corrected chi connectivity index (χ0v) is 18.0. The molecular formula is C23H30N6O2. The van der Waals surface area contributed by atoms with E-state index in [0.29, 0.717) is 11.7 Å². The van der Waals surface area contributed by atoms with E-state index in [4.69, 9.17) is 10.8 Å². The lowest BCUT2D eigenvalue weighted by Gasteiger charge is -2.15. The molecule has 31 heavy (non-hydrogen) atoms. The highest BCUT2D eigenvalue weighted by Crippen LogP contribution is 2.24. The molecule has 1 aromatic carbocycles. The average Bonchev–Trinajstić information content (AvgIpc) is 3.17. The first-order valence-electron chi connectivity index (χ1n) is 10.4. The number of hydrogen-bond acceptors (Lipinski definition) is 6. The van der Waals surface area contributed by atoms with Crippen molar-refractivity contribution in [1.29, 1.82) is 0 Å². The number of nitrogens with zero attached hydrogens (tertiary/aromatic N) is 3. The van der Waals surface area contributed by atoms with Gasteiger partial charge in [-0.15, -0.1) is 0 Å². The largest absolute Gasteiger partial charge is 0.481 e. The maximum Gasteiger partial charge on any atom is 0.307 e. The van der Waals surface area contributed by atoms with E-state index in [9.17, 15) is 4.79 Å². The van der Waals surface area contributed by atoms with Gasteiger partial charge in [-0.05, 0) is 36.1 Å². The summed E-state index contributed by atoms with van der Waals surface area (Å²) in [4.78, 5) is 15.2. The number of nitrogen functional groups attached to an aromatic ring is 1. The fourth-order valence-corrected chi connectivity index (χ4v) is 3.40. The van der Waals surface area contributed by atoms with Crippen LogP contribution in [0, 0.1) is 0 Å². The maximum absolute atomic E-state index is 10.9. The monoisotopic (exact) mass is 422 g/mol. The summed E-state index contributed by atoms with van der Waals surface area (Å²) in [5.41, 5.74) is 10.8. The first-order chi connectivity index (χ1) is 14.9. The number of nitrogens with two attached hydrogens (primary N) is 1. The van der Waals surface area contributed by atoms with E-state index in [2.05, 4.69) is 27.6 Å². The molecule has 0 aliphatic rings. The van der Waals surface area contributed by atoms with Gasteiger partial charge in [0.15, 0.2) is 0 Å². The van der Waals surface area contributed by atoms with Crippen LogP contribution in [0.5, 0.6) is 0 Å². The lowest BCUT2D eigenvalue weighted by molar-refractivity contribution is -0.136. The fraction of sp³-hybridized carbons (Fsp3) is 0.348. The van der Waals surface area contributed by atoms with Crippen molar-refractivity contribution in [2.75, 3.05) is 30.7 Å². The number of carboxylic acids is 1. The topological polar surface area (TPSA) is 118 Å². The molecule has 2 aromatic heterocycles. The predicted molar refractivity (Wildman–Crippen MR) is 123 cm³/mol. The van der Waals surface area contributed by atoms with Crippen LogP contribution < -0.4 is 16.4 Å². The van der Waals surface area contributed by atoms with Gasteiger partial charge in [0.25, 0.3) is 0 Å². The molecule has 5 N–H and O–H groups in total. The molecular weight excluding hydrogens is 392 g/mol. The quantitative estimate of drug-likeness (QED) is 0.351.